The molecule has 2 rings (SSSR count). The van der Waals surface area contributed by atoms with E-state index in [1.165, 1.54) is 0 Å². The Bertz CT molecular complexity index is 427. The second kappa shape index (κ2) is 5.78. The number of benzene rings is 1. The van der Waals surface area contributed by atoms with Crippen LogP contribution in [0.4, 0.5) is 0 Å². The summed E-state index contributed by atoms with van der Waals surface area (Å²) in [5, 5.41) is 0. The molecule has 0 unspecified atom stereocenters. The number of esters is 1. The minimum atomic E-state index is -0.387. The molecule has 1 aromatic rings. The third kappa shape index (κ3) is 3.17. The van der Waals surface area contributed by atoms with Crippen LogP contribution in [0.1, 0.15) is 31.4 Å². The van der Waals surface area contributed by atoms with Gasteiger partial charge in [-0.15, -0.1) is 0 Å². The maximum absolute atomic E-state index is 11.8. The summed E-state index contributed by atoms with van der Waals surface area (Å²) >= 11 is 0. The number of carbonyl (C=O) groups excluding carboxylic acids is 2. The molecule has 1 aliphatic rings. The molecular formula is C14H16O4. The first kappa shape index (κ1) is 12.8. The molecule has 0 aliphatic carbocycles. The number of hydrogen-bond acceptors (Lipinski definition) is 4. The molecule has 1 heterocycles. The Hall–Kier alpha value is -1.68. The fourth-order valence-corrected chi connectivity index (χ4v) is 1.85. The summed E-state index contributed by atoms with van der Waals surface area (Å²) < 4.78 is 10.1. The van der Waals surface area contributed by atoms with Crippen molar-refractivity contribution in [1.29, 1.82) is 0 Å². The fourth-order valence-electron chi connectivity index (χ4n) is 1.85. The summed E-state index contributed by atoms with van der Waals surface area (Å²) in [6.07, 6.45) is -0.205. The number of ether oxygens (including phenoxy) is 2. The van der Waals surface area contributed by atoms with Gasteiger partial charge in [-0.3, -0.25) is 9.59 Å². The lowest BCUT2D eigenvalue weighted by Crippen LogP contribution is -2.12. The topological polar surface area (TPSA) is 55.9 Å². The number of epoxide rings is 1. The van der Waals surface area contributed by atoms with E-state index in [-0.39, 0.29) is 36.8 Å². The van der Waals surface area contributed by atoms with E-state index >= 15 is 0 Å². The van der Waals surface area contributed by atoms with Gasteiger partial charge in [-0.05, 0) is 12.5 Å². The molecule has 0 spiro atoms. The van der Waals surface area contributed by atoms with Crippen LogP contribution in [0.15, 0.2) is 30.3 Å². The van der Waals surface area contributed by atoms with Gasteiger partial charge in [-0.25, -0.2) is 0 Å². The van der Waals surface area contributed by atoms with Crippen LogP contribution in [0.5, 0.6) is 0 Å². The molecule has 1 aromatic carbocycles. The maximum Gasteiger partial charge on any atom is 0.306 e. The van der Waals surface area contributed by atoms with Gasteiger partial charge in [0.05, 0.1) is 13.0 Å². The zero-order chi connectivity index (χ0) is 13.0. The van der Waals surface area contributed by atoms with Crippen LogP contribution < -0.4 is 0 Å². The van der Waals surface area contributed by atoms with Crippen molar-refractivity contribution in [1.82, 2.24) is 0 Å². The van der Waals surface area contributed by atoms with Crippen molar-refractivity contribution in [3.63, 3.8) is 0 Å². The minimum Gasteiger partial charge on any atom is -0.466 e. The van der Waals surface area contributed by atoms with Crippen molar-refractivity contribution in [3.05, 3.63) is 35.9 Å². The molecule has 2 atom stereocenters. The lowest BCUT2D eigenvalue weighted by atomic mass is 10.1. The number of Topliss-reactive ketones (excluding diaryl/α,β-unsaturated/α-hetero) is 1. The summed E-state index contributed by atoms with van der Waals surface area (Å²) in [6.45, 7) is 2.09. The first-order chi connectivity index (χ1) is 8.72. The molecule has 1 aliphatic heterocycles. The zero-order valence-corrected chi connectivity index (χ0v) is 10.3. The van der Waals surface area contributed by atoms with Gasteiger partial charge in [0.25, 0.3) is 0 Å². The van der Waals surface area contributed by atoms with Gasteiger partial charge in [0.1, 0.15) is 12.2 Å². The van der Waals surface area contributed by atoms with Gasteiger partial charge >= 0.3 is 5.97 Å². The Kier molecular flexibility index (Phi) is 4.10. The highest BCUT2D eigenvalue weighted by atomic mass is 16.6. The number of hydrogen-bond donors (Lipinski definition) is 0. The van der Waals surface area contributed by atoms with Crippen molar-refractivity contribution in [3.8, 4) is 0 Å². The second-order valence-corrected chi connectivity index (χ2v) is 4.16. The van der Waals surface area contributed by atoms with Crippen LogP contribution in [0.3, 0.4) is 0 Å². The monoisotopic (exact) mass is 248 g/mol. The van der Waals surface area contributed by atoms with E-state index in [2.05, 4.69) is 0 Å². The van der Waals surface area contributed by atoms with Gasteiger partial charge in [-0.1, -0.05) is 30.3 Å². The molecular weight excluding hydrogens is 232 g/mol. The summed E-state index contributed by atoms with van der Waals surface area (Å²) in [5.74, 6) is -0.361. The number of rotatable bonds is 6. The van der Waals surface area contributed by atoms with E-state index in [1.807, 2.05) is 30.3 Å². The summed E-state index contributed by atoms with van der Waals surface area (Å²) in [5.41, 5.74) is 1.01. The molecule has 0 radical (unpaired) electrons. The second-order valence-electron chi connectivity index (χ2n) is 4.16. The highest BCUT2D eigenvalue weighted by Crippen LogP contribution is 2.39. The van der Waals surface area contributed by atoms with Gasteiger partial charge in [-0.2, -0.15) is 0 Å². The molecule has 96 valence electrons. The first-order valence-corrected chi connectivity index (χ1v) is 6.11. The average Bonchev–Trinajstić information content (AvgIpc) is 3.18. The Morgan fingerprint density at radius 3 is 2.61 bits per heavy atom. The van der Waals surface area contributed by atoms with Crippen molar-refractivity contribution in [2.24, 2.45) is 0 Å². The molecule has 0 saturated carbocycles. The Balaban J connectivity index is 1.78. The Labute approximate surface area is 106 Å². The minimum absolute atomic E-state index is 0.0306. The first-order valence-electron chi connectivity index (χ1n) is 6.11. The quantitative estimate of drug-likeness (QED) is 0.571. The average molecular weight is 248 g/mol. The van der Waals surface area contributed by atoms with Crippen LogP contribution >= 0.6 is 0 Å². The van der Waals surface area contributed by atoms with Gasteiger partial charge in [0, 0.05) is 6.42 Å². The molecule has 0 amide bonds. The highest BCUT2D eigenvalue weighted by molar-refractivity contribution is 5.88. The maximum atomic E-state index is 11.8. The van der Waals surface area contributed by atoms with Crippen LogP contribution in [0.2, 0.25) is 0 Å². The summed E-state index contributed by atoms with van der Waals surface area (Å²) in [6, 6.07) is 9.62. The molecule has 1 fully saturated rings. The van der Waals surface area contributed by atoms with E-state index in [1.54, 1.807) is 6.92 Å². The van der Waals surface area contributed by atoms with Crippen molar-refractivity contribution >= 4 is 11.8 Å². The van der Waals surface area contributed by atoms with Crippen LogP contribution in [-0.2, 0) is 19.1 Å². The zero-order valence-electron chi connectivity index (χ0n) is 10.3. The Morgan fingerprint density at radius 1 is 1.22 bits per heavy atom. The standard InChI is InChI=1S/C14H16O4/c1-2-17-12(16)9-8-11(15)14-13(18-14)10-6-4-3-5-7-10/h3-7,13-14H,2,8-9H2,1H3/t13-,14+/m0/s1. The normalized spacial score (nSPS) is 21.4. The van der Waals surface area contributed by atoms with E-state index in [0.29, 0.717) is 6.61 Å². The smallest absolute Gasteiger partial charge is 0.306 e. The van der Waals surface area contributed by atoms with Crippen molar-refractivity contribution in [2.75, 3.05) is 6.61 Å². The molecule has 0 aromatic heterocycles. The predicted octanol–water partition coefficient (Wildman–Crippen LogP) is 2.04. The van der Waals surface area contributed by atoms with Crippen molar-refractivity contribution in [2.45, 2.75) is 32.0 Å². The van der Waals surface area contributed by atoms with Gasteiger partial charge in [0.2, 0.25) is 0 Å². The molecule has 1 saturated heterocycles. The molecule has 4 heteroatoms. The van der Waals surface area contributed by atoms with Crippen LogP contribution in [-0.4, -0.2) is 24.5 Å². The lowest BCUT2D eigenvalue weighted by Gasteiger charge is -1.99. The van der Waals surface area contributed by atoms with E-state index in [9.17, 15) is 9.59 Å². The van der Waals surface area contributed by atoms with E-state index < -0.39 is 0 Å². The van der Waals surface area contributed by atoms with Crippen molar-refractivity contribution < 1.29 is 19.1 Å². The largest absolute Gasteiger partial charge is 0.466 e. The SMILES string of the molecule is CCOC(=O)CCC(=O)[C@H]1O[C@H]1c1ccccc1. The third-order valence-electron chi connectivity index (χ3n) is 2.82. The third-order valence-corrected chi connectivity index (χ3v) is 2.82. The fraction of sp³-hybridized carbons (Fsp3) is 0.429. The summed E-state index contributed by atoms with van der Waals surface area (Å²) in [4.78, 5) is 22.9. The number of ketones is 1. The van der Waals surface area contributed by atoms with Crippen LogP contribution in [0.25, 0.3) is 0 Å². The Morgan fingerprint density at radius 2 is 1.94 bits per heavy atom. The lowest BCUT2D eigenvalue weighted by molar-refractivity contribution is -0.144. The summed E-state index contributed by atoms with van der Waals surface area (Å²) in [7, 11) is 0. The molecule has 4 nitrogen and oxygen atoms in total. The number of carbonyl (C=O) groups is 2. The van der Waals surface area contributed by atoms with E-state index in [0.717, 1.165) is 5.56 Å². The molecule has 18 heavy (non-hydrogen) atoms. The highest BCUT2D eigenvalue weighted by Gasteiger charge is 2.45. The van der Waals surface area contributed by atoms with Gasteiger partial charge in [0.15, 0.2) is 5.78 Å². The molecule has 0 N–H and O–H groups in total. The van der Waals surface area contributed by atoms with Crippen LogP contribution in [0, 0.1) is 0 Å². The van der Waals surface area contributed by atoms with E-state index in [4.69, 9.17) is 9.47 Å². The molecule has 0 bridgehead atoms. The predicted molar refractivity (Wildman–Crippen MR) is 64.9 cm³/mol. The van der Waals surface area contributed by atoms with Gasteiger partial charge < -0.3 is 9.47 Å².